The monoisotopic (exact) mass is 607 g/mol. The molecule has 0 spiro atoms. The Morgan fingerprint density at radius 2 is 1.33 bits per heavy atom. The summed E-state index contributed by atoms with van der Waals surface area (Å²) in [7, 11) is 0. The van der Waals surface area contributed by atoms with Gasteiger partial charge in [-0.3, -0.25) is 4.79 Å². The van der Waals surface area contributed by atoms with Gasteiger partial charge in [0, 0.05) is 12.5 Å². The van der Waals surface area contributed by atoms with E-state index >= 15 is 0 Å². The maximum absolute atomic E-state index is 13.8. The van der Waals surface area contributed by atoms with E-state index in [4.69, 9.17) is 34.8 Å². The van der Waals surface area contributed by atoms with Crippen molar-refractivity contribution in [2.75, 3.05) is 6.54 Å². The summed E-state index contributed by atoms with van der Waals surface area (Å²) in [5.41, 5.74) is -1.42. The minimum Gasteiger partial charge on any atom is -0.354 e. The van der Waals surface area contributed by atoms with Crippen LogP contribution in [0.5, 0.6) is 0 Å². The molecule has 208 valence electrons. The van der Waals surface area contributed by atoms with Crippen LogP contribution >= 0.6 is 34.8 Å². The van der Waals surface area contributed by atoms with E-state index in [1.807, 2.05) is 0 Å². The maximum atomic E-state index is 13.8. The minimum absolute atomic E-state index is 0.0381. The van der Waals surface area contributed by atoms with Crippen LogP contribution in [0.15, 0.2) is 66.7 Å². The van der Waals surface area contributed by atoms with Crippen molar-refractivity contribution in [1.29, 1.82) is 0 Å². The van der Waals surface area contributed by atoms with Gasteiger partial charge in [0.15, 0.2) is 0 Å². The molecule has 1 fully saturated rings. The normalized spacial score (nSPS) is 22.3. The molecule has 1 aliphatic rings. The van der Waals surface area contributed by atoms with E-state index in [9.17, 15) is 31.1 Å². The van der Waals surface area contributed by atoms with Gasteiger partial charge in [-0.15, -0.1) is 11.6 Å². The van der Waals surface area contributed by atoms with Gasteiger partial charge in [0.25, 0.3) is 0 Å². The molecule has 3 aromatic carbocycles. The van der Waals surface area contributed by atoms with E-state index in [-0.39, 0.29) is 47.0 Å². The molecule has 11 heteroatoms. The smallest absolute Gasteiger partial charge is 0.354 e. The summed E-state index contributed by atoms with van der Waals surface area (Å²) in [4.78, 5) is 11.7. The minimum atomic E-state index is -4.64. The number of benzene rings is 3. The van der Waals surface area contributed by atoms with Crippen LogP contribution in [0, 0.1) is 11.8 Å². The van der Waals surface area contributed by atoms with Crippen LogP contribution in [-0.4, -0.2) is 12.5 Å². The first-order valence-corrected chi connectivity index (χ1v) is 13.1. The number of nitrogens with one attached hydrogen (secondary N) is 1. The number of hydrogen-bond acceptors (Lipinski definition) is 1. The predicted octanol–water partition coefficient (Wildman–Crippen LogP) is 8.70. The summed E-state index contributed by atoms with van der Waals surface area (Å²) in [6.07, 6.45) is -9.81. The number of hydrogen-bond donors (Lipinski definition) is 1. The predicted molar refractivity (Wildman–Crippen MR) is 139 cm³/mol. The third-order valence-corrected chi connectivity index (χ3v) is 8.48. The van der Waals surface area contributed by atoms with Crippen LogP contribution in [0.25, 0.3) is 0 Å². The lowest BCUT2D eigenvalue weighted by Gasteiger charge is -2.35. The second kappa shape index (κ2) is 11.2. The van der Waals surface area contributed by atoms with Gasteiger partial charge in [-0.2, -0.15) is 26.3 Å². The highest BCUT2D eigenvalue weighted by molar-refractivity contribution is 6.42. The Balaban J connectivity index is 1.79. The first kappa shape index (κ1) is 29.6. The molecular weight excluding hydrogens is 587 g/mol. The van der Waals surface area contributed by atoms with Crippen LogP contribution in [-0.2, 0) is 34.9 Å². The average Bonchev–Trinajstić information content (AvgIpc) is 2.98. The first-order valence-electron chi connectivity index (χ1n) is 11.9. The van der Waals surface area contributed by atoms with Gasteiger partial charge in [0.2, 0.25) is 5.91 Å². The molecular formula is C28H22Cl3F6NO. The molecule has 1 N–H and O–H groups in total. The largest absolute Gasteiger partial charge is 0.416 e. The molecule has 0 saturated carbocycles. The van der Waals surface area contributed by atoms with Crippen molar-refractivity contribution >= 4 is 40.7 Å². The lowest BCUT2D eigenvalue weighted by molar-refractivity contribution is -0.139. The Morgan fingerprint density at radius 1 is 0.795 bits per heavy atom. The summed E-state index contributed by atoms with van der Waals surface area (Å²) in [6, 6.07) is 14.5. The molecule has 1 amide bonds. The highest BCUT2D eigenvalue weighted by atomic mass is 35.5. The van der Waals surface area contributed by atoms with Gasteiger partial charge >= 0.3 is 12.4 Å². The van der Waals surface area contributed by atoms with E-state index in [0.29, 0.717) is 5.56 Å². The molecule has 3 atom stereocenters. The number of rotatable bonds is 5. The van der Waals surface area contributed by atoms with Crippen LogP contribution in [0.4, 0.5) is 26.3 Å². The molecule has 1 saturated heterocycles. The highest BCUT2D eigenvalue weighted by Gasteiger charge is 2.46. The Bertz CT molecular complexity index is 1360. The zero-order valence-corrected chi connectivity index (χ0v) is 22.4. The zero-order valence-electron chi connectivity index (χ0n) is 20.1. The molecule has 39 heavy (non-hydrogen) atoms. The lowest BCUT2D eigenvalue weighted by atomic mass is 9.75. The fourth-order valence-corrected chi connectivity index (χ4v) is 5.78. The summed E-state index contributed by atoms with van der Waals surface area (Å²) in [6.45, 7) is -0.179. The molecule has 3 aromatic rings. The van der Waals surface area contributed by atoms with E-state index in [1.165, 1.54) is 48.5 Å². The molecule has 0 aliphatic carbocycles. The van der Waals surface area contributed by atoms with E-state index in [0.717, 1.165) is 12.1 Å². The highest BCUT2D eigenvalue weighted by Crippen LogP contribution is 2.46. The first-order chi connectivity index (χ1) is 18.2. The summed E-state index contributed by atoms with van der Waals surface area (Å²) >= 11 is 19.5. The summed E-state index contributed by atoms with van der Waals surface area (Å²) < 4.78 is 82.5. The van der Waals surface area contributed by atoms with Gasteiger partial charge in [-0.1, -0.05) is 65.7 Å². The number of carbonyl (C=O) groups excluding carboxylic acids is 1. The number of alkyl halides is 7. The van der Waals surface area contributed by atoms with Crippen molar-refractivity contribution in [2.24, 2.45) is 11.8 Å². The Morgan fingerprint density at radius 3 is 1.87 bits per heavy atom. The number of halogens is 9. The van der Waals surface area contributed by atoms with Crippen LogP contribution < -0.4 is 5.32 Å². The third-order valence-electron chi connectivity index (χ3n) is 7.08. The fraction of sp³-hybridized carbons (Fsp3) is 0.321. The van der Waals surface area contributed by atoms with Gasteiger partial charge in [-0.05, 0) is 66.1 Å². The molecule has 0 bridgehead atoms. The van der Waals surface area contributed by atoms with Crippen molar-refractivity contribution in [2.45, 2.75) is 36.5 Å². The van der Waals surface area contributed by atoms with E-state index in [2.05, 4.69) is 5.32 Å². The standard InChI is InChI=1S/C28H22Cl3F6NO/c29-23-10-9-19(14-24(23)30)26(31)15-38-25(39)18(11-16-5-1-3-7-21(16)27(32,33)34)13-20(26)12-17-6-2-4-8-22(17)28(35,36)37/h1-10,14,18,20H,11-13,15H2,(H,38,39). The van der Waals surface area contributed by atoms with Crippen LogP contribution in [0.1, 0.15) is 34.2 Å². The SMILES string of the molecule is O=C1NCC(Cl)(c2ccc(Cl)c(Cl)c2)C(Cc2ccccc2C(F)(F)F)CC1Cc1ccccc1C(F)(F)F. The summed E-state index contributed by atoms with van der Waals surface area (Å²) in [5.74, 6) is -2.33. The second-order valence-electron chi connectivity index (χ2n) is 9.56. The Labute approximate surface area is 236 Å². The molecule has 0 radical (unpaired) electrons. The van der Waals surface area contributed by atoms with Crippen molar-refractivity contribution < 1.29 is 31.1 Å². The van der Waals surface area contributed by atoms with Crippen LogP contribution in [0.3, 0.4) is 0 Å². The van der Waals surface area contributed by atoms with E-state index < -0.39 is 46.1 Å². The van der Waals surface area contributed by atoms with Gasteiger partial charge in [0.05, 0.1) is 26.0 Å². The van der Waals surface area contributed by atoms with Crippen LogP contribution in [0.2, 0.25) is 10.0 Å². The zero-order chi connectivity index (χ0) is 28.6. The number of carbonyl (C=O) groups is 1. The second-order valence-corrected chi connectivity index (χ2v) is 11.0. The topological polar surface area (TPSA) is 29.1 Å². The van der Waals surface area contributed by atoms with Gasteiger partial charge in [0.1, 0.15) is 0 Å². The Kier molecular flexibility index (Phi) is 8.50. The molecule has 2 nitrogen and oxygen atoms in total. The molecule has 3 unspecified atom stereocenters. The van der Waals surface area contributed by atoms with Gasteiger partial charge < -0.3 is 5.32 Å². The molecule has 1 heterocycles. The van der Waals surface area contributed by atoms with Gasteiger partial charge in [-0.25, -0.2) is 0 Å². The summed E-state index contributed by atoms with van der Waals surface area (Å²) in [5, 5.41) is 3.10. The van der Waals surface area contributed by atoms with Crippen molar-refractivity contribution in [3.8, 4) is 0 Å². The average molecular weight is 609 g/mol. The molecule has 4 rings (SSSR count). The Hall–Kier alpha value is -2.42. The fourth-order valence-electron chi connectivity index (χ4n) is 5.14. The lowest BCUT2D eigenvalue weighted by Crippen LogP contribution is -2.40. The quantitative estimate of drug-likeness (QED) is 0.228. The third kappa shape index (κ3) is 6.50. The van der Waals surface area contributed by atoms with E-state index in [1.54, 1.807) is 6.07 Å². The number of amides is 1. The van der Waals surface area contributed by atoms with Crippen molar-refractivity contribution in [3.05, 3.63) is 105 Å². The van der Waals surface area contributed by atoms with Crippen molar-refractivity contribution in [3.63, 3.8) is 0 Å². The van der Waals surface area contributed by atoms with Crippen molar-refractivity contribution in [1.82, 2.24) is 5.32 Å². The molecule has 0 aromatic heterocycles. The molecule has 1 aliphatic heterocycles. The maximum Gasteiger partial charge on any atom is 0.416 e.